The number of aromatic nitrogens is 5. The first-order valence-corrected chi connectivity index (χ1v) is 18.2. The van der Waals surface area contributed by atoms with Crippen LogP contribution in [0.3, 0.4) is 0 Å². The quantitative estimate of drug-likeness (QED) is 0.140. The van der Waals surface area contributed by atoms with Gasteiger partial charge in [-0.1, -0.05) is 25.3 Å². The number of benzene rings is 1. The topological polar surface area (TPSA) is 106 Å². The van der Waals surface area contributed by atoms with E-state index in [1.807, 2.05) is 42.6 Å². The van der Waals surface area contributed by atoms with Gasteiger partial charge < -0.3 is 15.1 Å². The lowest BCUT2D eigenvalue weighted by Crippen LogP contribution is -2.46. The number of halogens is 2. The van der Waals surface area contributed by atoms with Crippen LogP contribution in [0.2, 0.25) is 0 Å². The van der Waals surface area contributed by atoms with E-state index < -0.39 is 11.2 Å². The number of carbonyl (C=O) groups excluding carboxylic acids is 1. The summed E-state index contributed by atoms with van der Waals surface area (Å²) in [6.45, 7) is 15.4. The Balaban J connectivity index is 0.963. The van der Waals surface area contributed by atoms with Gasteiger partial charge in [-0.2, -0.15) is 5.10 Å². The Bertz CT molecular complexity index is 2080. The van der Waals surface area contributed by atoms with Crippen LogP contribution in [-0.4, -0.2) is 91.6 Å². The molecule has 1 unspecified atom stereocenters. The van der Waals surface area contributed by atoms with Crippen LogP contribution in [-0.2, 0) is 4.79 Å². The van der Waals surface area contributed by atoms with Crippen molar-refractivity contribution >= 4 is 28.1 Å². The number of piperazine rings is 1. The van der Waals surface area contributed by atoms with E-state index in [-0.39, 0.29) is 5.91 Å². The molecule has 1 atom stereocenters. The highest BCUT2D eigenvalue weighted by molar-refractivity contribution is 6.00. The van der Waals surface area contributed by atoms with E-state index in [1.165, 1.54) is 18.9 Å². The second-order valence-electron chi connectivity index (χ2n) is 14.2. The molecule has 2 N–H and O–H groups in total. The van der Waals surface area contributed by atoms with E-state index in [1.54, 1.807) is 6.08 Å². The van der Waals surface area contributed by atoms with Crippen LogP contribution in [0.5, 0.6) is 0 Å². The number of likely N-dealkylation sites (tertiary alicyclic amines) is 1. The Hall–Kier alpha value is -5.49. The van der Waals surface area contributed by atoms with Gasteiger partial charge in [-0.05, 0) is 81.6 Å². The van der Waals surface area contributed by atoms with Gasteiger partial charge in [0, 0.05) is 90.7 Å². The van der Waals surface area contributed by atoms with Gasteiger partial charge >= 0.3 is 0 Å². The molecule has 4 aromatic rings. The third-order valence-corrected chi connectivity index (χ3v) is 10.6. The number of carbonyl (C=O) groups is 1. The predicted octanol–water partition coefficient (Wildman–Crippen LogP) is 7.24. The van der Waals surface area contributed by atoms with Gasteiger partial charge in [0.2, 0.25) is 5.91 Å². The van der Waals surface area contributed by atoms with Gasteiger partial charge in [-0.3, -0.25) is 19.8 Å². The second-order valence-corrected chi connectivity index (χ2v) is 14.2. The molecule has 12 heteroatoms. The Kier molecular flexibility index (Phi) is 10.6. The molecule has 274 valence electrons. The number of nitrogens with one attached hydrogen (secondary N) is 2. The summed E-state index contributed by atoms with van der Waals surface area (Å²) >= 11 is 0. The molecule has 3 aromatic heterocycles. The zero-order valence-electron chi connectivity index (χ0n) is 30.1. The standard InChI is InChI=1S/C41H45F2N9O/c1-4-30(39-45-24-33(43)25-46-39)7-6-28(2)51-18-20-52(21-19-51)29(3)26-50-17-14-41(27-50,13-5-15-42)40(53)47-34-10-11-36-35(23-34)38(49-48-36)32-12-16-44-37(22-32)31-8-9-31/h4-7,10-12,15-16,22-25,31H,1,3,8-9,13-14,17-21,26-27H2,2H3,(H,47,53)(H,48,49)/b15-5-,28-6+,30-7+. The van der Waals surface area contributed by atoms with E-state index in [2.05, 4.69) is 71.3 Å². The maximum atomic E-state index is 14.0. The largest absolute Gasteiger partial charge is 0.371 e. The molecular formula is C41H45F2N9O. The van der Waals surface area contributed by atoms with Crippen molar-refractivity contribution in [2.45, 2.75) is 38.5 Å². The van der Waals surface area contributed by atoms with Crippen molar-refractivity contribution in [3.8, 4) is 11.3 Å². The fourth-order valence-corrected chi connectivity index (χ4v) is 7.33. The van der Waals surface area contributed by atoms with Crippen molar-refractivity contribution in [3.05, 3.63) is 121 Å². The lowest BCUT2D eigenvalue weighted by molar-refractivity contribution is -0.124. The Labute approximate surface area is 308 Å². The first kappa shape index (κ1) is 35.9. The summed E-state index contributed by atoms with van der Waals surface area (Å²) in [6.07, 6.45) is 14.9. The summed E-state index contributed by atoms with van der Waals surface area (Å²) in [5, 5.41) is 11.8. The molecule has 1 saturated carbocycles. The minimum atomic E-state index is -0.779. The van der Waals surface area contributed by atoms with Crippen LogP contribution in [0.25, 0.3) is 27.7 Å². The monoisotopic (exact) mass is 717 g/mol. The highest BCUT2D eigenvalue weighted by Crippen LogP contribution is 2.41. The molecular weight excluding hydrogens is 673 g/mol. The molecule has 0 radical (unpaired) electrons. The molecule has 0 spiro atoms. The molecule has 7 rings (SSSR count). The summed E-state index contributed by atoms with van der Waals surface area (Å²) in [6, 6.07) is 9.85. The normalized spacial score (nSPS) is 20.1. The fourth-order valence-electron chi connectivity index (χ4n) is 7.33. The van der Waals surface area contributed by atoms with Crippen LogP contribution in [0.15, 0.2) is 104 Å². The molecule has 3 aliphatic rings. The smallest absolute Gasteiger partial charge is 0.232 e. The van der Waals surface area contributed by atoms with Gasteiger partial charge in [0.25, 0.3) is 0 Å². The Morgan fingerprint density at radius 2 is 1.83 bits per heavy atom. The van der Waals surface area contributed by atoms with Crippen LogP contribution < -0.4 is 5.32 Å². The Morgan fingerprint density at radius 1 is 1.06 bits per heavy atom. The average Bonchev–Trinajstić information content (AvgIpc) is 3.83. The minimum absolute atomic E-state index is 0.122. The maximum absolute atomic E-state index is 14.0. The molecule has 1 aromatic carbocycles. The Morgan fingerprint density at radius 3 is 2.57 bits per heavy atom. The first-order valence-electron chi connectivity index (χ1n) is 18.2. The number of allylic oxidation sites excluding steroid dienone is 6. The summed E-state index contributed by atoms with van der Waals surface area (Å²) in [5.41, 5.74) is 6.50. The highest BCUT2D eigenvalue weighted by Gasteiger charge is 2.44. The molecule has 1 amide bonds. The number of hydrogen-bond donors (Lipinski definition) is 2. The van der Waals surface area contributed by atoms with Crippen LogP contribution >= 0.6 is 0 Å². The van der Waals surface area contributed by atoms with Crippen molar-refractivity contribution < 1.29 is 13.6 Å². The van der Waals surface area contributed by atoms with Gasteiger partial charge in [0.15, 0.2) is 11.6 Å². The zero-order chi connectivity index (χ0) is 37.0. The van der Waals surface area contributed by atoms with E-state index in [9.17, 15) is 13.6 Å². The van der Waals surface area contributed by atoms with E-state index in [0.29, 0.717) is 61.8 Å². The van der Waals surface area contributed by atoms with Crippen molar-refractivity contribution in [1.29, 1.82) is 0 Å². The molecule has 10 nitrogen and oxygen atoms in total. The molecule has 0 bridgehead atoms. The molecule has 5 heterocycles. The maximum Gasteiger partial charge on any atom is 0.232 e. The summed E-state index contributed by atoms with van der Waals surface area (Å²) in [5.74, 6) is 0.347. The molecule has 2 saturated heterocycles. The number of aromatic amines is 1. The van der Waals surface area contributed by atoms with Gasteiger partial charge in [0.05, 0.1) is 29.7 Å². The zero-order valence-corrected chi connectivity index (χ0v) is 30.1. The number of amides is 1. The van der Waals surface area contributed by atoms with Gasteiger partial charge in [-0.25, -0.2) is 18.7 Å². The molecule has 53 heavy (non-hydrogen) atoms. The van der Waals surface area contributed by atoms with Crippen molar-refractivity contribution in [3.63, 3.8) is 0 Å². The number of hydrogen-bond acceptors (Lipinski definition) is 8. The van der Waals surface area contributed by atoms with Gasteiger partial charge in [0.1, 0.15) is 5.69 Å². The number of H-pyrrole nitrogens is 1. The van der Waals surface area contributed by atoms with Crippen LogP contribution in [0.4, 0.5) is 14.5 Å². The summed E-state index contributed by atoms with van der Waals surface area (Å²) in [4.78, 5) is 33.6. The molecule has 1 aliphatic carbocycles. The van der Waals surface area contributed by atoms with E-state index in [4.69, 9.17) is 0 Å². The average molecular weight is 718 g/mol. The predicted molar refractivity (Wildman–Crippen MR) is 204 cm³/mol. The lowest BCUT2D eigenvalue weighted by Gasteiger charge is -2.39. The first-order chi connectivity index (χ1) is 25.7. The third kappa shape index (κ3) is 8.12. The number of anilines is 1. The number of fused-ring (bicyclic) bond motifs is 1. The van der Waals surface area contributed by atoms with Crippen LogP contribution in [0.1, 0.15) is 50.0 Å². The van der Waals surface area contributed by atoms with Crippen LogP contribution in [0, 0.1) is 11.2 Å². The number of nitrogens with zero attached hydrogens (tertiary/aromatic N) is 7. The lowest BCUT2D eigenvalue weighted by atomic mass is 9.82. The minimum Gasteiger partial charge on any atom is -0.371 e. The number of rotatable bonds is 13. The summed E-state index contributed by atoms with van der Waals surface area (Å²) < 4.78 is 26.6. The van der Waals surface area contributed by atoms with Crippen molar-refractivity contribution in [2.75, 3.05) is 51.1 Å². The number of pyridine rings is 1. The van der Waals surface area contributed by atoms with E-state index >= 15 is 0 Å². The second kappa shape index (κ2) is 15.6. The highest BCUT2D eigenvalue weighted by atomic mass is 19.1. The van der Waals surface area contributed by atoms with E-state index in [0.717, 1.165) is 77.8 Å². The SMILES string of the molecule is C=C/C(=C\C=C(/C)N1CCN(C(=C)CN2CCC(C/C=C\F)(C(=O)Nc3ccc4[nH]nc(-c5ccnc(C6CC6)c5)c4c3)C2)CC1)c1ncc(F)cn1. The third-order valence-electron chi connectivity index (χ3n) is 10.6. The van der Waals surface area contributed by atoms with Gasteiger partial charge in [-0.15, -0.1) is 0 Å². The molecule has 2 aliphatic heterocycles. The van der Waals surface area contributed by atoms with Crippen molar-refractivity contribution in [1.82, 2.24) is 39.8 Å². The fraction of sp³-hybridized carbons (Fsp3) is 0.341. The summed E-state index contributed by atoms with van der Waals surface area (Å²) in [7, 11) is 0. The molecule has 3 fully saturated rings. The van der Waals surface area contributed by atoms with Crippen molar-refractivity contribution in [2.24, 2.45) is 5.41 Å².